The van der Waals surface area contributed by atoms with Crippen molar-refractivity contribution in [3.8, 4) is 11.4 Å². The lowest BCUT2D eigenvalue weighted by Gasteiger charge is -2.20. The highest BCUT2D eigenvalue weighted by atomic mass is 35.5. The number of urea groups is 1. The first-order valence-electron chi connectivity index (χ1n) is 7.36. The minimum Gasteiger partial charge on any atom is -0.395 e. The summed E-state index contributed by atoms with van der Waals surface area (Å²) in [5.74, 6) is 0.746. The highest BCUT2D eigenvalue weighted by molar-refractivity contribution is 6.30. The van der Waals surface area contributed by atoms with E-state index in [-0.39, 0.29) is 19.2 Å². The van der Waals surface area contributed by atoms with Crippen LogP contribution in [0, 0.1) is 0 Å². The van der Waals surface area contributed by atoms with Crippen LogP contribution in [-0.4, -0.2) is 45.9 Å². The van der Waals surface area contributed by atoms with Crippen LogP contribution in [0.3, 0.4) is 0 Å². The summed E-state index contributed by atoms with van der Waals surface area (Å²) >= 11 is 5.84. The van der Waals surface area contributed by atoms with E-state index in [1.165, 1.54) is 4.90 Å². The quantitative estimate of drug-likeness (QED) is 0.808. The van der Waals surface area contributed by atoms with Gasteiger partial charge in [0.25, 0.3) is 0 Å². The van der Waals surface area contributed by atoms with Gasteiger partial charge in [-0.1, -0.05) is 23.7 Å². The zero-order valence-corrected chi connectivity index (χ0v) is 13.6. The molecule has 0 radical (unpaired) electrons. The molecule has 0 fully saturated rings. The normalized spacial score (nSPS) is 10.6. The standard InChI is InChI=1S/C15H19ClN4O3/c1-2-7-20(8-9-21)15(22)17-10-13-18-14(19-23-13)11-3-5-12(16)6-4-11/h3-6,21H,2,7-10H2,1H3,(H,17,22). The molecule has 0 saturated carbocycles. The molecule has 0 spiro atoms. The predicted octanol–water partition coefficient (Wildman–Crippen LogP) is 2.30. The lowest BCUT2D eigenvalue weighted by molar-refractivity contribution is 0.175. The molecule has 0 unspecified atom stereocenters. The van der Waals surface area contributed by atoms with E-state index in [2.05, 4.69) is 15.5 Å². The minimum absolute atomic E-state index is 0.0747. The molecule has 2 rings (SSSR count). The molecule has 2 amide bonds. The van der Waals surface area contributed by atoms with Gasteiger partial charge in [-0.25, -0.2) is 4.79 Å². The molecule has 1 aromatic heterocycles. The first-order valence-corrected chi connectivity index (χ1v) is 7.74. The number of carbonyl (C=O) groups excluding carboxylic acids is 1. The van der Waals surface area contributed by atoms with E-state index in [9.17, 15) is 4.79 Å². The predicted molar refractivity (Wildman–Crippen MR) is 85.9 cm³/mol. The number of aliphatic hydroxyl groups excluding tert-OH is 1. The number of hydrogen-bond donors (Lipinski definition) is 2. The molecular formula is C15H19ClN4O3. The third-order valence-electron chi connectivity index (χ3n) is 3.11. The summed E-state index contributed by atoms with van der Waals surface area (Å²) in [6.45, 7) is 2.89. The van der Waals surface area contributed by atoms with Gasteiger partial charge in [-0.05, 0) is 30.7 Å². The van der Waals surface area contributed by atoms with E-state index in [1.54, 1.807) is 24.3 Å². The van der Waals surface area contributed by atoms with Crippen LogP contribution in [0.2, 0.25) is 5.02 Å². The third-order valence-corrected chi connectivity index (χ3v) is 3.36. The van der Waals surface area contributed by atoms with Gasteiger partial charge in [0.15, 0.2) is 0 Å². The van der Waals surface area contributed by atoms with Crippen molar-refractivity contribution in [1.29, 1.82) is 0 Å². The van der Waals surface area contributed by atoms with E-state index in [1.807, 2.05) is 6.92 Å². The third kappa shape index (κ3) is 4.94. The molecule has 0 saturated heterocycles. The van der Waals surface area contributed by atoms with Crippen molar-refractivity contribution in [3.05, 3.63) is 35.2 Å². The van der Waals surface area contributed by atoms with Crippen molar-refractivity contribution in [2.24, 2.45) is 0 Å². The van der Waals surface area contributed by atoms with Gasteiger partial charge in [0, 0.05) is 23.7 Å². The summed E-state index contributed by atoms with van der Waals surface area (Å²) in [6.07, 6.45) is 0.814. The van der Waals surface area contributed by atoms with Crippen molar-refractivity contribution in [3.63, 3.8) is 0 Å². The second-order valence-corrected chi connectivity index (χ2v) is 5.32. The molecule has 124 valence electrons. The lowest BCUT2D eigenvalue weighted by atomic mass is 10.2. The molecule has 23 heavy (non-hydrogen) atoms. The number of aromatic nitrogens is 2. The number of halogens is 1. The monoisotopic (exact) mass is 338 g/mol. The van der Waals surface area contributed by atoms with Gasteiger partial charge < -0.3 is 19.8 Å². The Morgan fingerprint density at radius 3 is 2.74 bits per heavy atom. The molecule has 0 aliphatic heterocycles. The van der Waals surface area contributed by atoms with Gasteiger partial charge in [-0.2, -0.15) is 4.98 Å². The average Bonchev–Trinajstić information content (AvgIpc) is 3.02. The summed E-state index contributed by atoms with van der Waals surface area (Å²) in [5, 5.41) is 16.2. The van der Waals surface area contributed by atoms with Gasteiger partial charge >= 0.3 is 6.03 Å². The molecule has 7 nitrogen and oxygen atoms in total. The molecule has 0 atom stereocenters. The highest BCUT2D eigenvalue weighted by Gasteiger charge is 2.14. The number of nitrogens with zero attached hydrogens (tertiary/aromatic N) is 3. The van der Waals surface area contributed by atoms with Crippen LogP contribution in [0.15, 0.2) is 28.8 Å². The number of nitrogens with one attached hydrogen (secondary N) is 1. The van der Waals surface area contributed by atoms with Gasteiger partial charge in [0.1, 0.15) is 0 Å². The zero-order chi connectivity index (χ0) is 16.7. The second-order valence-electron chi connectivity index (χ2n) is 4.89. The molecular weight excluding hydrogens is 320 g/mol. The van der Waals surface area contributed by atoms with Crippen molar-refractivity contribution in [2.45, 2.75) is 19.9 Å². The molecule has 8 heteroatoms. The summed E-state index contributed by atoms with van der Waals surface area (Å²) in [6, 6.07) is 6.80. The Balaban J connectivity index is 1.93. The van der Waals surface area contributed by atoms with Crippen LogP contribution >= 0.6 is 11.6 Å². The van der Waals surface area contributed by atoms with E-state index in [0.29, 0.717) is 29.8 Å². The van der Waals surface area contributed by atoms with Gasteiger partial charge in [-0.3, -0.25) is 0 Å². The van der Waals surface area contributed by atoms with Gasteiger partial charge in [-0.15, -0.1) is 0 Å². The summed E-state index contributed by atoms with van der Waals surface area (Å²) < 4.78 is 5.12. The second kappa shape index (κ2) is 8.50. The highest BCUT2D eigenvalue weighted by Crippen LogP contribution is 2.18. The Bertz CT molecular complexity index is 624. The van der Waals surface area contributed by atoms with Crippen LogP contribution < -0.4 is 5.32 Å². The molecule has 0 aliphatic carbocycles. The van der Waals surface area contributed by atoms with Gasteiger partial charge in [0.2, 0.25) is 11.7 Å². The van der Waals surface area contributed by atoms with Crippen LogP contribution in [0.1, 0.15) is 19.2 Å². The van der Waals surface area contributed by atoms with Crippen molar-refractivity contribution in [1.82, 2.24) is 20.4 Å². The minimum atomic E-state index is -0.271. The number of rotatable bonds is 7. The van der Waals surface area contributed by atoms with Crippen LogP contribution in [-0.2, 0) is 6.54 Å². The molecule has 0 bridgehead atoms. The fourth-order valence-corrected chi connectivity index (χ4v) is 2.14. The fourth-order valence-electron chi connectivity index (χ4n) is 2.01. The zero-order valence-electron chi connectivity index (χ0n) is 12.8. The van der Waals surface area contributed by atoms with E-state index >= 15 is 0 Å². The van der Waals surface area contributed by atoms with Gasteiger partial charge in [0.05, 0.1) is 13.2 Å². The molecule has 2 aromatic rings. The number of amides is 2. The average molecular weight is 339 g/mol. The first kappa shape index (κ1) is 17.2. The SMILES string of the molecule is CCCN(CCO)C(=O)NCc1nc(-c2ccc(Cl)cc2)no1. The number of aliphatic hydroxyl groups is 1. The summed E-state index contributed by atoms with van der Waals surface area (Å²) in [5.41, 5.74) is 0.781. The largest absolute Gasteiger partial charge is 0.395 e. The fraction of sp³-hybridized carbons (Fsp3) is 0.400. The number of benzene rings is 1. The molecule has 2 N–H and O–H groups in total. The Labute approximate surface area is 139 Å². The van der Waals surface area contributed by atoms with Crippen LogP contribution in [0.5, 0.6) is 0 Å². The van der Waals surface area contributed by atoms with Crippen LogP contribution in [0.25, 0.3) is 11.4 Å². The summed E-state index contributed by atoms with van der Waals surface area (Å²) in [7, 11) is 0. The Kier molecular flexibility index (Phi) is 6.37. The lowest BCUT2D eigenvalue weighted by Crippen LogP contribution is -2.41. The number of carbonyl (C=O) groups is 1. The Morgan fingerprint density at radius 2 is 2.09 bits per heavy atom. The topological polar surface area (TPSA) is 91.5 Å². The Hall–Kier alpha value is -2.12. The van der Waals surface area contributed by atoms with Crippen molar-refractivity contribution < 1.29 is 14.4 Å². The van der Waals surface area contributed by atoms with E-state index in [4.69, 9.17) is 21.2 Å². The van der Waals surface area contributed by atoms with Crippen molar-refractivity contribution in [2.75, 3.05) is 19.7 Å². The molecule has 1 heterocycles. The van der Waals surface area contributed by atoms with Crippen LogP contribution in [0.4, 0.5) is 4.79 Å². The Morgan fingerprint density at radius 1 is 1.35 bits per heavy atom. The maximum absolute atomic E-state index is 12.0. The molecule has 0 aliphatic rings. The maximum Gasteiger partial charge on any atom is 0.317 e. The van der Waals surface area contributed by atoms with E-state index in [0.717, 1.165) is 12.0 Å². The smallest absolute Gasteiger partial charge is 0.317 e. The number of hydrogen-bond acceptors (Lipinski definition) is 5. The molecule has 1 aromatic carbocycles. The first-order chi connectivity index (χ1) is 11.1. The maximum atomic E-state index is 12.0. The summed E-state index contributed by atoms with van der Waals surface area (Å²) in [4.78, 5) is 17.8. The van der Waals surface area contributed by atoms with Crippen molar-refractivity contribution >= 4 is 17.6 Å². The van der Waals surface area contributed by atoms with E-state index < -0.39 is 0 Å².